The third kappa shape index (κ3) is 3.10. The van der Waals surface area contributed by atoms with Gasteiger partial charge in [-0.3, -0.25) is 0 Å². The number of alkyl halides is 1. The van der Waals surface area contributed by atoms with E-state index in [0.717, 1.165) is 34.3 Å². The highest BCUT2D eigenvalue weighted by atomic mass is 35.5. The fourth-order valence-corrected chi connectivity index (χ4v) is 2.49. The average Bonchev–Trinajstić information content (AvgIpc) is 2.71. The molecule has 0 radical (unpaired) electrons. The largest absolute Gasteiger partial charge is 0.310 e. The van der Waals surface area contributed by atoms with Gasteiger partial charge in [0.1, 0.15) is 5.82 Å². The lowest BCUT2D eigenvalue weighted by Gasteiger charge is -2.13. The number of hydrogen-bond donors (Lipinski definition) is 0. The number of nitrogens with zero attached hydrogens (tertiary/aromatic N) is 3. The maximum absolute atomic E-state index is 6.00. The fraction of sp³-hybridized carbons (Fsp3) is 0.429. The summed E-state index contributed by atoms with van der Waals surface area (Å²) in [6.45, 7) is 7.20. The maximum atomic E-state index is 6.00. The monoisotopic (exact) mass is 297 g/mol. The van der Waals surface area contributed by atoms with Gasteiger partial charge in [0.2, 0.25) is 0 Å². The van der Waals surface area contributed by atoms with Crippen molar-refractivity contribution in [2.45, 2.75) is 33.2 Å². The SMILES string of the molecule is Cc1cc(Cl)ccc1-c1nnc(CCl)n1CC(C)C. The highest BCUT2D eigenvalue weighted by Gasteiger charge is 2.15. The number of aromatic nitrogens is 3. The molecular weight excluding hydrogens is 281 g/mol. The Hall–Kier alpha value is -1.06. The van der Waals surface area contributed by atoms with Gasteiger partial charge in [-0.25, -0.2) is 0 Å². The molecule has 0 fully saturated rings. The van der Waals surface area contributed by atoms with Gasteiger partial charge in [-0.15, -0.1) is 21.8 Å². The molecule has 19 heavy (non-hydrogen) atoms. The second-order valence-corrected chi connectivity index (χ2v) is 5.74. The first-order chi connectivity index (χ1) is 9.02. The van der Waals surface area contributed by atoms with Crippen LogP contribution in [0.3, 0.4) is 0 Å². The third-order valence-corrected chi connectivity index (χ3v) is 3.40. The van der Waals surface area contributed by atoms with Crippen LogP contribution in [0.2, 0.25) is 5.02 Å². The summed E-state index contributed by atoms with van der Waals surface area (Å²) in [6, 6.07) is 5.79. The molecule has 0 saturated carbocycles. The Balaban J connectivity index is 2.52. The van der Waals surface area contributed by atoms with Gasteiger partial charge in [-0.2, -0.15) is 0 Å². The van der Waals surface area contributed by atoms with E-state index in [1.807, 2.05) is 25.1 Å². The highest BCUT2D eigenvalue weighted by Crippen LogP contribution is 2.26. The highest BCUT2D eigenvalue weighted by molar-refractivity contribution is 6.30. The average molecular weight is 298 g/mol. The second-order valence-electron chi connectivity index (χ2n) is 5.04. The van der Waals surface area contributed by atoms with E-state index in [1.54, 1.807) is 0 Å². The summed E-state index contributed by atoms with van der Waals surface area (Å²) in [7, 11) is 0. The summed E-state index contributed by atoms with van der Waals surface area (Å²) in [6.07, 6.45) is 0. The van der Waals surface area contributed by atoms with Crippen molar-refractivity contribution in [3.05, 3.63) is 34.6 Å². The molecule has 5 heteroatoms. The minimum absolute atomic E-state index is 0.367. The third-order valence-electron chi connectivity index (χ3n) is 2.92. The van der Waals surface area contributed by atoms with Crippen LogP contribution in [0, 0.1) is 12.8 Å². The van der Waals surface area contributed by atoms with E-state index in [4.69, 9.17) is 23.2 Å². The van der Waals surface area contributed by atoms with E-state index in [0.29, 0.717) is 11.8 Å². The van der Waals surface area contributed by atoms with Crippen molar-refractivity contribution in [2.75, 3.05) is 0 Å². The zero-order valence-electron chi connectivity index (χ0n) is 11.3. The van der Waals surface area contributed by atoms with Crippen LogP contribution in [0.4, 0.5) is 0 Å². The van der Waals surface area contributed by atoms with Gasteiger partial charge >= 0.3 is 0 Å². The van der Waals surface area contributed by atoms with Crippen molar-refractivity contribution in [1.29, 1.82) is 0 Å². The number of rotatable bonds is 4. The first kappa shape index (κ1) is 14.4. The summed E-state index contributed by atoms with van der Waals surface area (Å²) in [5.41, 5.74) is 2.14. The molecule has 1 heterocycles. The summed E-state index contributed by atoms with van der Waals surface area (Å²) in [5, 5.41) is 9.19. The van der Waals surface area contributed by atoms with Gasteiger partial charge in [0.25, 0.3) is 0 Å². The molecule has 2 aromatic rings. The molecule has 1 aromatic heterocycles. The predicted octanol–water partition coefficient (Wildman–Crippen LogP) is 4.30. The first-order valence-corrected chi connectivity index (χ1v) is 7.18. The summed E-state index contributed by atoms with van der Waals surface area (Å²) >= 11 is 11.9. The van der Waals surface area contributed by atoms with Crippen LogP contribution in [0.1, 0.15) is 25.2 Å². The van der Waals surface area contributed by atoms with Crippen LogP contribution in [0.5, 0.6) is 0 Å². The molecule has 0 aliphatic carbocycles. The van der Waals surface area contributed by atoms with Crippen LogP contribution >= 0.6 is 23.2 Å². The normalized spacial score (nSPS) is 11.3. The van der Waals surface area contributed by atoms with Crippen molar-refractivity contribution < 1.29 is 0 Å². The van der Waals surface area contributed by atoms with E-state index < -0.39 is 0 Å². The molecule has 3 nitrogen and oxygen atoms in total. The van der Waals surface area contributed by atoms with Gasteiger partial charge in [0.15, 0.2) is 5.82 Å². The minimum atomic E-state index is 0.367. The predicted molar refractivity (Wildman–Crippen MR) is 79.6 cm³/mol. The molecule has 0 N–H and O–H groups in total. The van der Waals surface area contributed by atoms with Crippen LogP contribution < -0.4 is 0 Å². The lowest BCUT2D eigenvalue weighted by atomic mass is 10.1. The van der Waals surface area contributed by atoms with Gasteiger partial charge < -0.3 is 4.57 Å². The number of halogens is 2. The van der Waals surface area contributed by atoms with Crippen molar-refractivity contribution in [3.8, 4) is 11.4 Å². The van der Waals surface area contributed by atoms with Crippen LogP contribution in [0.25, 0.3) is 11.4 Å². The van der Waals surface area contributed by atoms with E-state index in [9.17, 15) is 0 Å². The number of aryl methyl sites for hydroxylation is 1. The van der Waals surface area contributed by atoms with Gasteiger partial charge in [0.05, 0.1) is 5.88 Å². The van der Waals surface area contributed by atoms with E-state index >= 15 is 0 Å². The molecule has 2 rings (SSSR count). The zero-order chi connectivity index (χ0) is 14.0. The Bertz CT molecular complexity index is 576. The molecule has 0 saturated heterocycles. The molecule has 102 valence electrons. The molecule has 0 spiro atoms. The maximum Gasteiger partial charge on any atom is 0.164 e. The smallest absolute Gasteiger partial charge is 0.164 e. The van der Waals surface area contributed by atoms with E-state index in [1.165, 1.54) is 0 Å². The zero-order valence-corrected chi connectivity index (χ0v) is 12.8. The van der Waals surface area contributed by atoms with Crippen molar-refractivity contribution >= 4 is 23.2 Å². The van der Waals surface area contributed by atoms with E-state index in [2.05, 4.69) is 28.6 Å². The quantitative estimate of drug-likeness (QED) is 0.788. The van der Waals surface area contributed by atoms with Crippen molar-refractivity contribution in [1.82, 2.24) is 14.8 Å². The second kappa shape index (κ2) is 5.93. The Morgan fingerprint density at radius 2 is 2.00 bits per heavy atom. The van der Waals surface area contributed by atoms with Crippen LogP contribution in [-0.4, -0.2) is 14.8 Å². The molecule has 0 aliphatic rings. The lowest BCUT2D eigenvalue weighted by Crippen LogP contribution is -2.09. The Morgan fingerprint density at radius 1 is 1.26 bits per heavy atom. The standard InChI is InChI=1S/C14H17Cl2N3/c1-9(2)8-19-13(7-15)17-18-14(19)12-5-4-11(16)6-10(12)3/h4-6,9H,7-8H2,1-3H3. The summed E-state index contributed by atoms with van der Waals surface area (Å²) in [5.74, 6) is 2.54. The molecule has 1 aromatic carbocycles. The minimum Gasteiger partial charge on any atom is -0.310 e. The van der Waals surface area contributed by atoms with Gasteiger partial charge in [0, 0.05) is 17.1 Å². The molecule has 0 amide bonds. The summed E-state index contributed by atoms with van der Waals surface area (Å²) < 4.78 is 2.09. The Morgan fingerprint density at radius 3 is 2.58 bits per heavy atom. The first-order valence-electron chi connectivity index (χ1n) is 6.27. The topological polar surface area (TPSA) is 30.7 Å². The molecular formula is C14H17Cl2N3. The van der Waals surface area contributed by atoms with Crippen molar-refractivity contribution in [3.63, 3.8) is 0 Å². The lowest BCUT2D eigenvalue weighted by molar-refractivity contribution is 0.515. The molecule has 0 aliphatic heterocycles. The Kier molecular flexibility index (Phi) is 4.48. The van der Waals surface area contributed by atoms with E-state index in [-0.39, 0.29) is 0 Å². The number of benzene rings is 1. The fourth-order valence-electron chi connectivity index (χ4n) is 2.07. The van der Waals surface area contributed by atoms with Crippen LogP contribution in [-0.2, 0) is 12.4 Å². The summed E-state index contributed by atoms with van der Waals surface area (Å²) in [4.78, 5) is 0. The van der Waals surface area contributed by atoms with Crippen LogP contribution in [0.15, 0.2) is 18.2 Å². The van der Waals surface area contributed by atoms with Crippen molar-refractivity contribution in [2.24, 2.45) is 5.92 Å². The number of hydrogen-bond acceptors (Lipinski definition) is 2. The Labute approximate surface area is 123 Å². The molecule has 0 bridgehead atoms. The van der Waals surface area contributed by atoms with Gasteiger partial charge in [-0.05, 0) is 36.6 Å². The molecule has 0 unspecified atom stereocenters. The van der Waals surface area contributed by atoms with Gasteiger partial charge in [-0.1, -0.05) is 25.4 Å². The molecule has 0 atom stereocenters.